The Morgan fingerprint density at radius 3 is 2.69 bits per heavy atom. The summed E-state index contributed by atoms with van der Waals surface area (Å²) >= 11 is 0. The Kier molecular flexibility index (Phi) is 4.17. The molecule has 0 saturated carbocycles. The monoisotopic (exact) mass is 387 g/mol. The average molecular weight is 387 g/mol. The maximum atomic E-state index is 13.0. The minimum absolute atomic E-state index is 0.0406. The molecule has 4 aromatic rings. The summed E-state index contributed by atoms with van der Waals surface area (Å²) in [6.07, 6.45) is 1.95. The third-order valence-corrected chi connectivity index (χ3v) is 6.05. The Labute approximate surface area is 169 Å². The first-order chi connectivity index (χ1) is 14.0. The van der Waals surface area contributed by atoms with Crippen LogP contribution in [0.3, 0.4) is 0 Å². The lowest BCUT2D eigenvalue weighted by Gasteiger charge is -2.30. The first-order valence-electron chi connectivity index (χ1n) is 10.1. The number of piperidine rings is 1. The van der Waals surface area contributed by atoms with Gasteiger partial charge in [0.2, 0.25) is 0 Å². The van der Waals surface area contributed by atoms with E-state index < -0.39 is 0 Å². The van der Waals surface area contributed by atoms with Crippen LogP contribution in [0.15, 0.2) is 48.5 Å². The van der Waals surface area contributed by atoms with Gasteiger partial charge in [0.25, 0.3) is 5.91 Å². The van der Waals surface area contributed by atoms with Crippen molar-refractivity contribution < 1.29 is 4.79 Å². The molecule has 0 bridgehead atoms. The first kappa shape index (κ1) is 17.9. The van der Waals surface area contributed by atoms with Crippen molar-refractivity contribution in [3.63, 3.8) is 0 Å². The SMILES string of the molecule is Cn1c(-c2nc3cc(C(=O)N4CCC[C@H](N)C4)ccc3n2C)cc2ccccc21. The molecule has 1 atom stereocenters. The van der Waals surface area contributed by atoms with E-state index >= 15 is 0 Å². The van der Waals surface area contributed by atoms with Gasteiger partial charge in [0.1, 0.15) is 0 Å². The lowest BCUT2D eigenvalue weighted by Crippen LogP contribution is -2.45. The Balaban J connectivity index is 1.56. The fourth-order valence-electron chi connectivity index (χ4n) is 4.44. The molecule has 1 aliphatic rings. The van der Waals surface area contributed by atoms with Gasteiger partial charge in [-0.1, -0.05) is 18.2 Å². The number of carbonyl (C=O) groups is 1. The third-order valence-electron chi connectivity index (χ3n) is 6.05. The van der Waals surface area contributed by atoms with Crippen molar-refractivity contribution in [1.29, 1.82) is 0 Å². The van der Waals surface area contributed by atoms with Crippen LogP contribution < -0.4 is 5.73 Å². The van der Waals surface area contributed by atoms with Gasteiger partial charge in [0, 0.05) is 49.7 Å². The van der Waals surface area contributed by atoms with Crippen LogP contribution in [0.25, 0.3) is 33.5 Å². The van der Waals surface area contributed by atoms with Crippen LogP contribution in [0, 0.1) is 0 Å². The number of carbonyl (C=O) groups excluding carboxylic acids is 1. The highest BCUT2D eigenvalue weighted by atomic mass is 16.2. The van der Waals surface area contributed by atoms with E-state index in [1.165, 1.54) is 10.9 Å². The number of likely N-dealkylation sites (tertiary alicyclic amines) is 1. The van der Waals surface area contributed by atoms with E-state index in [2.05, 4.69) is 34.4 Å². The van der Waals surface area contributed by atoms with Gasteiger partial charge in [-0.2, -0.15) is 0 Å². The highest BCUT2D eigenvalue weighted by Crippen LogP contribution is 2.29. The Hall–Kier alpha value is -3.12. The van der Waals surface area contributed by atoms with Crippen LogP contribution in [0.1, 0.15) is 23.2 Å². The molecule has 29 heavy (non-hydrogen) atoms. The summed E-state index contributed by atoms with van der Waals surface area (Å²) in [6, 6.07) is 16.4. The summed E-state index contributed by atoms with van der Waals surface area (Å²) in [4.78, 5) is 19.7. The van der Waals surface area contributed by atoms with Crippen molar-refractivity contribution in [3.8, 4) is 11.5 Å². The number of nitrogens with two attached hydrogens (primary N) is 1. The van der Waals surface area contributed by atoms with Crippen molar-refractivity contribution in [1.82, 2.24) is 19.0 Å². The summed E-state index contributed by atoms with van der Waals surface area (Å²) in [6.45, 7) is 1.40. The van der Waals surface area contributed by atoms with Crippen LogP contribution >= 0.6 is 0 Å². The van der Waals surface area contributed by atoms with Crippen LogP contribution in [-0.2, 0) is 14.1 Å². The number of imidazole rings is 1. The number of hydrogen-bond donors (Lipinski definition) is 1. The van der Waals surface area contributed by atoms with Crippen molar-refractivity contribution in [2.24, 2.45) is 19.8 Å². The number of aryl methyl sites for hydroxylation is 2. The van der Waals surface area contributed by atoms with E-state index in [1.54, 1.807) is 0 Å². The number of fused-ring (bicyclic) bond motifs is 2. The molecule has 6 heteroatoms. The number of rotatable bonds is 2. The molecule has 1 saturated heterocycles. The molecule has 2 aromatic heterocycles. The number of aromatic nitrogens is 3. The number of benzene rings is 2. The van der Waals surface area contributed by atoms with Crippen LogP contribution in [0.5, 0.6) is 0 Å². The first-order valence-corrected chi connectivity index (χ1v) is 10.1. The molecule has 148 valence electrons. The lowest BCUT2D eigenvalue weighted by atomic mass is 10.1. The van der Waals surface area contributed by atoms with Gasteiger partial charge in [0.15, 0.2) is 5.82 Å². The maximum Gasteiger partial charge on any atom is 0.253 e. The average Bonchev–Trinajstić information content (AvgIpc) is 3.24. The smallest absolute Gasteiger partial charge is 0.253 e. The second kappa shape index (κ2) is 6.74. The van der Waals surface area contributed by atoms with Crippen LogP contribution in [-0.4, -0.2) is 44.1 Å². The quantitative estimate of drug-likeness (QED) is 0.574. The molecule has 0 radical (unpaired) electrons. The summed E-state index contributed by atoms with van der Waals surface area (Å²) in [5, 5.41) is 1.19. The molecule has 0 unspecified atom stereocenters. The zero-order valence-corrected chi connectivity index (χ0v) is 16.8. The second-order valence-electron chi connectivity index (χ2n) is 8.00. The van der Waals surface area contributed by atoms with Crippen LogP contribution in [0.4, 0.5) is 0 Å². The predicted octanol–water partition coefficient (Wildman–Crippen LogP) is 3.30. The topological polar surface area (TPSA) is 69.1 Å². The van der Waals surface area contributed by atoms with Crippen LogP contribution in [0.2, 0.25) is 0 Å². The van der Waals surface area contributed by atoms with Gasteiger partial charge < -0.3 is 19.8 Å². The molecule has 2 N–H and O–H groups in total. The highest BCUT2D eigenvalue weighted by Gasteiger charge is 2.23. The number of para-hydroxylation sites is 1. The number of amides is 1. The van der Waals surface area contributed by atoms with Gasteiger partial charge in [0.05, 0.1) is 16.7 Å². The van der Waals surface area contributed by atoms with Gasteiger partial charge in [-0.3, -0.25) is 4.79 Å². The molecule has 1 fully saturated rings. The van der Waals surface area contributed by atoms with Gasteiger partial charge in [-0.05, 0) is 43.2 Å². The summed E-state index contributed by atoms with van der Waals surface area (Å²) < 4.78 is 4.26. The number of nitrogens with zero attached hydrogens (tertiary/aromatic N) is 4. The molecule has 6 nitrogen and oxygen atoms in total. The molecule has 1 aliphatic heterocycles. The fourth-order valence-corrected chi connectivity index (χ4v) is 4.44. The highest BCUT2D eigenvalue weighted by molar-refractivity contribution is 5.98. The zero-order chi connectivity index (χ0) is 20.1. The number of hydrogen-bond acceptors (Lipinski definition) is 3. The predicted molar refractivity (Wildman–Crippen MR) is 116 cm³/mol. The van der Waals surface area contributed by atoms with E-state index in [1.807, 2.05) is 42.3 Å². The van der Waals surface area contributed by atoms with Crippen molar-refractivity contribution in [3.05, 3.63) is 54.1 Å². The molecule has 3 heterocycles. The van der Waals surface area contributed by atoms with Gasteiger partial charge >= 0.3 is 0 Å². The summed E-state index contributed by atoms with van der Waals surface area (Å²) in [5.74, 6) is 0.933. The standard InChI is InChI=1S/C23H25N5O/c1-26-19-8-4-3-6-15(19)13-21(26)22-25-18-12-16(9-10-20(18)27(22)2)23(29)28-11-5-7-17(24)14-28/h3-4,6,8-10,12-13,17H,5,7,11,14,24H2,1-2H3/t17-/m0/s1. The minimum atomic E-state index is 0.0406. The maximum absolute atomic E-state index is 13.0. The largest absolute Gasteiger partial charge is 0.341 e. The van der Waals surface area contributed by atoms with E-state index in [4.69, 9.17) is 10.7 Å². The van der Waals surface area contributed by atoms with E-state index in [9.17, 15) is 4.79 Å². The summed E-state index contributed by atoms with van der Waals surface area (Å²) in [7, 11) is 4.08. The zero-order valence-electron chi connectivity index (χ0n) is 16.8. The Morgan fingerprint density at radius 1 is 1.07 bits per heavy atom. The molecular formula is C23H25N5O. The van der Waals surface area contributed by atoms with Crippen molar-refractivity contribution >= 4 is 27.8 Å². The summed E-state index contributed by atoms with van der Waals surface area (Å²) in [5.41, 5.74) is 10.8. The van der Waals surface area contributed by atoms with E-state index in [-0.39, 0.29) is 11.9 Å². The molecule has 0 spiro atoms. The lowest BCUT2D eigenvalue weighted by molar-refractivity contribution is 0.0709. The normalized spacial score (nSPS) is 17.3. The van der Waals surface area contributed by atoms with Gasteiger partial charge in [-0.15, -0.1) is 0 Å². The molecule has 2 aromatic carbocycles. The van der Waals surface area contributed by atoms with Crippen molar-refractivity contribution in [2.75, 3.05) is 13.1 Å². The molecule has 5 rings (SSSR count). The Bertz CT molecular complexity index is 1240. The fraction of sp³-hybridized carbons (Fsp3) is 0.304. The third kappa shape index (κ3) is 2.91. The second-order valence-corrected chi connectivity index (χ2v) is 8.00. The molecule has 1 amide bonds. The van der Waals surface area contributed by atoms with Gasteiger partial charge in [-0.25, -0.2) is 4.98 Å². The molecule has 0 aliphatic carbocycles. The van der Waals surface area contributed by atoms with E-state index in [0.717, 1.165) is 41.9 Å². The van der Waals surface area contributed by atoms with E-state index in [0.29, 0.717) is 12.1 Å². The minimum Gasteiger partial charge on any atom is -0.341 e. The Morgan fingerprint density at radius 2 is 1.90 bits per heavy atom. The molecular weight excluding hydrogens is 362 g/mol. The van der Waals surface area contributed by atoms with Crippen molar-refractivity contribution in [2.45, 2.75) is 18.9 Å².